The first-order chi connectivity index (χ1) is 9.54. The van der Waals surface area contributed by atoms with Gasteiger partial charge in [-0.3, -0.25) is 4.79 Å². The van der Waals surface area contributed by atoms with E-state index in [1.165, 1.54) is 0 Å². The first-order valence-electron chi connectivity index (χ1n) is 6.88. The Hall–Kier alpha value is -1.26. The topological polar surface area (TPSA) is 41.6 Å². The molecule has 0 bridgehead atoms. The second-order valence-corrected chi connectivity index (χ2v) is 4.94. The molecule has 0 aliphatic carbocycles. The highest BCUT2D eigenvalue weighted by molar-refractivity contribution is 6.31. The minimum atomic E-state index is -0.254. The third kappa shape index (κ3) is 4.12. The van der Waals surface area contributed by atoms with Gasteiger partial charge in [-0.05, 0) is 32.9 Å². The maximum atomic E-state index is 12.2. The molecule has 0 aliphatic heterocycles. The highest BCUT2D eigenvalue weighted by Crippen LogP contribution is 2.25. The Morgan fingerprint density at radius 2 is 2.05 bits per heavy atom. The number of carbonyl (C=O) groups is 1. The van der Waals surface area contributed by atoms with E-state index in [0.29, 0.717) is 11.6 Å². The SMILES string of the molecule is CCN(CC)C(=O)C(C)NCc1c(Cl)cccc1OC. The molecule has 20 heavy (non-hydrogen) atoms. The minimum Gasteiger partial charge on any atom is -0.496 e. The second kappa shape index (κ2) is 8.12. The third-order valence-electron chi connectivity index (χ3n) is 3.33. The van der Waals surface area contributed by atoms with Crippen LogP contribution in [0.3, 0.4) is 0 Å². The van der Waals surface area contributed by atoms with E-state index in [1.54, 1.807) is 7.11 Å². The zero-order chi connectivity index (χ0) is 15.1. The summed E-state index contributed by atoms with van der Waals surface area (Å²) in [6.07, 6.45) is 0. The summed E-state index contributed by atoms with van der Waals surface area (Å²) in [7, 11) is 1.61. The number of rotatable bonds is 7. The third-order valence-corrected chi connectivity index (χ3v) is 3.68. The Bertz CT molecular complexity index is 447. The van der Waals surface area contributed by atoms with Crippen molar-refractivity contribution in [3.8, 4) is 5.75 Å². The van der Waals surface area contributed by atoms with E-state index in [1.807, 2.05) is 43.9 Å². The first-order valence-corrected chi connectivity index (χ1v) is 7.26. The normalized spacial score (nSPS) is 12.1. The molecule has 0 saturated carbocycles. The molecule has 1 aromatic rings. The summed E-state index contributed by atoms with van der Waals surface area (Å²) in [6.45, 7) is 7.75. The Kier molecular flexibility index (Phi) is 6.82. The van der Waals surface area contributed by atoms with Crippen molar-refractivity contribution in [3.05, 3.63) is 28.8 Å². The van der Waals surface area contributed by atoms with Crippen LogP contribution in [-0.4, -0.2) is 37.0 Å². The van der Waals surface area contributed by atoms with Gasteiger partial charge in [-0.25, -0.2) is 0 Å². The van der Waals surface area contributed by atoms with Crippen molar-refractivity contribution < 1.29 is 9.53 Å². The molecule has 0 spiro atoms. The van der Waals surface area contributed by atoms with Crippen LogP contribution in [0.1, 0.15) is 26.3 Å². The number of hydrogen-bond acceptors (Lipinski definition) is 3. The minimum absolute atomic E-state index is 0.0982. The number of ether oxygens (including phenoxy) is 1. The van der Waals surface area contributed by atoms with Crippen LogP contribution in [0.4, 0.5) is 0 Å². The summed E-state index contributed by atoms with van der Waals surface area (Å²) < 4.78 is 5.29. The van der Waals surface area contributed by atoms with E-state index >= 15 is 0 Å². The van der Waals surface area contributed by atoms with Crippen molar-refractivity contribution >= 4 is 17.5 Å². The highest BCUT2D eigenvalue weighted by atomic mass is 35.5. The molecule has 1 rings (SSSR count). The number of nitrogens with zero attached hydrogens (tertiary/aromatic N) is 1. The van der Waals surface area contributed by atoms with Crippen LogP contribution in [0.25, 0.3) is 0 Å². The predicted octanol–water partition coefficient (Wildman–Crippen LogP) is 2.70. The molecule has 4 nitrogen and oxygen atoms in total. The van der Waals surface area contributed by atoms with Crippen molar-refractivity contribution in [2.75, 3.05) is 20.2 Å². The Balaban J connectivity index is 2.70. The fourth-order valence-corrected chi connectivity index (χ4v) is 2.29. The summed E-state index contributed by atoms with van der Waals surface area (Å²) in [4.78, 5) is 14.0. The number of benzene rings is 1. The molecular formula is C15H23ClN2O2. The van der Waals surface area contributed by atoms with Crippen molar-refractivity contribution in [3.63, 3.8) is 0 Å². The van der Waals surface area contributed by atoms with Gasteiger partial charge >= 0.3 is 0 Å². The molecule has 1 aromatic carbocycles. The summed E-state index contributed by atoms with van der Waals surface area (Å²) in [6, 6.07) is 5.27. The van der Waals surface area contributed by atoms with Gasteiger partial charge in [0.05, 0.1) is 13.2 Å². The molecule has 0 aliphatic rings. The van der Waals surface area contributed by atoms with E-state index in [0.717, 1.165) is 24.4 Å². The number of hydrogen-bond donors (Lipinski definition) is 1. The molecule has 0 heterocycles. The molecule has 5 heteroatoms. The van der Waals surface area contributed by atoms with Crippen LogP contribution in [0.2, 0.25) is 5.02 Å². The van der Waals surface area contributed by atoms with Gasteiger partial charge in [0, 0.05) is 30.2 Å². The average molecular weight is 299 g/mol. The lowest BCUT2D eigenvalue weighted by atomic mass is 10.1. The lowest BCUT2D eigenvalue weighted by Crippen LogP contribution is -2.44. The molecule has 0 saturated heterocycles. The molecule has 0 radical (unpaired) electrons. The molecule has 0 fully saturated rings. The summed E-state index contributed by atoms with van der Waals surface area (Å²) in [5, 5.41) is 3.85. The fourth-order valence-electron chi connectivity index (χ4n) is 2.05. The first kappa shape index (κ1) is 16.8. The standard InChI is InChI=1S/C15H23ClN2O2/c1-5-18(6-2)15(19)11(3)17-10-12-13(16)8-7-9-14(12)20-4/h7-9,11,17H,5-6,10H2,1-4H3. The largest absolute Gasteiger partial charge is 0.496 e. The second-order valence-electron chi connectivity index (χ2n) is 4.53. The highest BCUT2D eigenvalue weighted by Gasteiger charge is 2.18. The van der Waals surface area contributed by atoms with Crippen LogP contribution >= 0.6 is 11.6 Å². The van der Waals surface area contributed by atoms with Gasteiger partial charge in [0.25, 0.3) is 0 Å². The molecule has 1 N–H and O–H groups in total. The molecule has 1 unspecified atom stereocenters. The molecule has 1 atom stereocenters. The van der Waals surface area contributed by atoms with Crippen LogP contribution in [0.5, 0.6) is 5.75 Å². The van der Waals surface area contributed by atoms with Crippen molar-refractivity contribution in [1.29, 1.82) is 0 Å². The van der Waals surface area contributed by atoms with E-state index in [-0.39, 0.29) is 11.9 Å². The maximum absolute atomic E-state index is 12.2. The Morgan fingerprint density at radius 3 is 2.60 bits per heavy atom. The van der Waals surface area contributed by atoms with Crippen LogP contribution in [-0.2, 0) is 11.3 Å². The summed E-state index contributed by atoms with van der Waals surface area (Å²) in [5.74, 6) is 0.827. The molecular weight excluding hydrogens is 276 g/mol. The van der Waals surface area contributed by atoms with Gasteiger partial charge in [0.15, 0.2) is 0 Å². The number of halogens is 1. The molecule has 0 aromatic heterocycles. The number of carbonyl (C=O) groups excluding carboxylic acids is 1. The van der Waals surface area contributed by atoms with E-state index < -0.39 is 0 Å². The van der Waals surface area contributed by atoms with Crippen LogP contribution < -0.4 is 10.1 Å². The fraction of sp³-hybridized carbons (Fsp3) is 0.533. The van der Waals surface area contributed by atoms with E-state index in [4.69, 9.17) is 16.3 Å². The van der Waals surface area contributed by atoms with Gasteiger partial charge < -0.3 is 15.0 Å². The zero-order valence-corrected chi connectivity index (χ0v) is 13.3. The smallest absolute Gasteiger partial charge is 0.239 e. The van der Waals surface area contributed by atoms with Gasteiger partial charge in [-0.2, -0.15) is 0 Å². The number of methoxy groups -OCH3 is 1. The van der Waals surface area contributed by atoms with E-state index in [2.05, 4.69) is 5.32 Å². The van der Waals surface area contributed by atoms with Crippen molar-refractivity contribution in [2.45, 2.75) is 33.4 Å². The monoisotopic (exact) mass is 298 g/mol. The van der Waals surface area contributed by atoms with Gasteiger partial charge in [-0.15, -0.1) is 0 Å². The Labute approximate surface area is 126 Å². The predicted molar refractivity (Wildman–Crippen MR) is 82.2 cm³/mol. The summed E-state index contributed by atoms with van der Waals surface area (Å²) >= 11 is 6.17. The number of likely N-dealkylation sites (N-methyl/N-ethyl adjacent to an activating group) is 1. The lowest BCUT2D eigenvalue weighted by Gasteiger charge is -2.24. The lowest BCUT2D eigenvalue weighted by molar-refractivity contribution is -0.132. The quantitative estimate of drug-likeness (QED) is 0.841. The average Bonchev–Trinajstić information content (AvgIpc) is 2.46. The molecule has 1 amide bonds. The molecule has 112 valence electrons. The van der Waals surface area contributed by atoms with Crippen molar-refractivity contribution in [2.24, 2.45) is 0 Å². The van der Waals surface area contributed by atoms with Gasteiger partial charge in [0.1, 0.15) is 5.75 Å². The van der Waals surface area contributed by atoms with Gasteiger partial charge in [-0.1, -0.05) is 17.7 Å². The number of amides is 1. The Morgan fingerprint density at radius 1 is 1.40 bits per heavy atom. The zero-order valence-electron chi connectivity index (χ0n) is 12.6. The maximum Gasteiger partial charge on any atom is 0.239 e. The van der Waals surface area contributed by atoms with E-state index in [9.17, 15) is 4.79 Å². The summed E-state index contributed by atoms with van der Waals surface area (Å²) in [5.41, 5.74) is 0.871. The van der Waals surface area contributed by atoms with Gasteiger partial charge in [0.2, 0.25) is 5.91 Å². The number of nitrogens with one attached hydrogen (secondary N) is 1. The van der Waals surface area contributed by atoms with Crippen molar-refractivity contribution in [1.82, 2.24) is 10.2 Å². The van der Waals surface area contributed by atoms with Crippen LogP contribution in [0, 0.1) is 0 Å². The van der Waals surface area contributed by atoms with Crippen LogP contribution in [0.15, 0.2) is 18.2 Å².